The Morgan fingerprint density at radius 2 is 2.25 bits per heavy atom. The second-order valence-electron chi connectivity index (χ2n) is 3.15. The molecule has 70 valence electrons. The molecule has 2 atom stereocenters. The van der Waals surface area contributed by atoms with E-state index in [1.54, 1.807) is 0 Å². The number of carbonyl (C=O) groups is 1. The highest BCUT2D eigenvalue weighted by Crippen LogP contribution is 2.19. The number of ether oxygens (including phenoxy) is 1. The molecule has 3 nitrogen and oxygen atoms in total. The van der Waals surface area contributed by atoms with E-state index in [1.165, 1.54) is 0 Å². The van der Waals surface area contributed by atoms with Crippen molar-refractivity contribution >= 4 is 5.91 Å². The first-order valence-corrected chi connectivity index (χ1v) is 4.63. The Bertz CT molecular complexity index is 170. The van der Waals surface area contributed by atoms with Crippen LogP contribution < -0.4 is 0 Å². The van der Waals surface area contributed by atoms with E-state index in [0.29, 0.717) is 19.1 Å². The average molecular weight is 171 g/mol. The molecule has 0 spiro atoms. The summed E-state index contributed by atoms with van der Waals surface area (Å²) in [5.74, 6) is 0.201. The molecular formula is C9H17NO2. The van der Waals surface area contributed by atoms with Crippen molar-refractivity contribution in [3.63, 3.8) is 0 Å². The largest absolute Gasteiger partial charge is 0.356 e. The fourth-order valence-corrected chi connectivity index (χ4v) is 1.61. The molecule has 3 heteroatoms. The van der Waals surface area contributed by atoms with Gasteiger partial charge < -0.3 is 9.64 Å². The minimum absolute atomic E-state index is 0.0256. The lowest BCUT2D eigenvalue weighted by Gasteiger charge is -2.24. The van der Waals surface area contributed by atoms with Gasteiger partial charge in [0.2, 0.25) is 5.91 Å². The highest BCUT2D eigenvalue weighted by Gasteiger charge is 2.32. The topological polar surface area (TPSA) is 29.5 Å². The molecule has 1 aliphatic rings. The van der Waals surface area contributed by atoms with Crippen molar-refractivity contribution in [1.29, 1.82) is 0 Å². The van der Waals surface area contributed by atoms with Crippen LogP contribution in [0.4, 0.5) is 0 Å². The van der Waals surface area contributed by atoms with Gasteiger partial charge in [0.05, 0.1) is 12.6 Å². The van der Waals surface area contributed by atoms with E-state index in [0.717, 1.165) is 6.42 Å². The third-order valence-corrected chi connectivity index (χ3v) is 2.38. The Morgan fingerprint density at radius 3 is 2.75 bits per heavy atom. The van der Waals surface area contributed by atoms with E-state index in [-0.39, 0.29) is 12.1 Å². The zero-order valence-electron chi connectivity index (χ0n) is 8.04. The van der Waals surface area contributed by atoms with Gasteiger partial charge in [0.25, 0.3) is 0 Å². The van der Waals surface area contributed by atoms with Gasteiger partial charge in [0, 0.05) is 6.42 Å². The van der Waals surface area contributed by atoms with Crippen LogP contribution in [0, 0.1) is 0 Å². The van der Waals surface area contributed by atoms with Gasteiger partial charge in [-0.05, 0) is 13.3 Å². The quantitative estimate of drug-likeness (QED) is 0.628. The van der Waals surface area contributed by atoms with E-state index < -0.39 is 0 Å². The summed E-state index contributed by atoms with van der Waals surface area (Å²) in [6, 6.07) is 0.299. The molecule has 1 heterocycles. The third-order valence-electron chi connectivity index (χ3n) is 2.38. The van der Waals surface area contributed by atoms with Crippen LogP contribution in [0.15, 0.2) is 0 Å². The van der Waals surface area contributed by atoms with Crippen molar-refractivity contribution in [3.05, 3.63) is 0 Å². The van der Waals surface area contributed by atoms with Gasteiger partial charge >= 0.3 is 0 Å². The SMILES string of the molecule is CCC(=O)N1[C@H](CC)CO[C@@H]1C. The van der Waals surface area contributed by atoms with Gasteiger partial charge in [-0.3, -0.25) is 4.79 Å². The standard InChI is InChI=1S/C9H17NO2/c1-4-8-6-12-7(3)10(8)9(11)5-2/h7-8H,4-6H2,1-3H3/t7-,8-/m1/s1. The minimum Gasteiger partial charge on any atom is -0.356 e. The van der Waals surface area contributed by atoms with Crippen LogP contribution in [0.5, 0.6) is 0 Å². The maximum absolute atomic E-state index is 11.4. The molecule has 0 aromatic heterocycles. The zero-order valence-corrected chi connectivity index (χ0v) is 8.04. The van der Waals surface area contributed by atoms with Crippen LogP contribution >= 0.6 is 0 Å². The Morgan fingerprint density at radius 1 is 1.58 bits per heavy atom. The van der Waals surface area contributed by atoms with Crippen molar-refractivity contribution < 1.29 is 9.53 Å². The van der Waals surface area contributed by atoms with E-state index in [4.69, 9.17) is 4.74 Å². The van der Waals surface area contributed by atoms with E-state index in [9.17, 15) is 4.79 Å². The first-order chi connectivity index (χ1) is 5.70. The normalized spacial score (nSPS) is 29.4. The summed E-state index contributed by atoms with van der Waals surface area (Å²) in [5.41, 5.74) is 0. The van der Waals surface area contributed by atoms with Crippen LogP contribution in [0.2, 0.25) is 0 Å². The second kappa shape index (κ2) is 3.90. The van der Waals surface area contributed by atoms with Crippen LogP contribution in [0.1, 0.15) is 33.6 Å². The van der Waals surface area contributed by atoms with Gasteiger partial charge in [0.1, 0.15) is 6.23 Å². The number of nitrogens with zero attached hydrogens (tertiary/aromatic N) is 1. The smallest absolute Gasteiger partial charge is 0.224 e. The summed E-state index contributed by atoms with van der Waals surface area (Å²) >= 11 is 0. The van der Waals surface area contributed by atoms with Crippen LogP contribution in [0.25, 0.3) is 0 Å². The Hall–Kier alpha value is -0.570. The number of amides is 1. The Balaban J connectivity index is 2.63. The number of rotatable bonds is 2. The van der Waals surface area contributed by atoms with Gasteiger partial charge in [-0.2, -0.15) is 0 Å². The molecule has 0 bridgehead atoms. The molecule has 1 aliphatic heterocycles. The second-order valence-corrected chi connectivity index (χ2v) is 3.15. The predicted octanol–water partition coefficient (Wildman–Crippen LogP) is 1.38. The number of hydrogen-bond acceptors (Lipinski definition) is 2. The molecule has 0 aromatic rings. The Labute approximate surface area is 73.7 Å². The van der Waals surface area contributed by atoms with Gasteiger partial charge in [-0.15, -0.1) is 0 Å². The lowest BCUT2D eigenvalue weighted by Crippen LogP contribution is -2.40. The molecule has 0 unspecified atom stereocenters. The molecule has 12 heavy (non-hydrogen) atoms. The molecule has 1 saturated heterocycles. The summed E-state index contributed by atoms with van der Waals surface area (Å²) in [5, 5.41) is 0. The van der Waals surface area contributed by atoms with Crippen molar-refractivity contribution in [2.45, 2.75) is 45.9 Å². The Kier molecular flexibility index (Phi) is 3.09. The van der Waals surface area contributed by atoms with Crippen LogP contribution in [-0.2, 0) is 9.53 Å². The average Bonchev–Trinajstić information content (AvgIpc) is 2.45. The molecular weight excluding hydrogens is 154 g/mol. The van der Waals surface area contributed by atoms with Crippen molar-refractivity contribution in [2.75, 3.05) is 6.61 Å². The fraction of sp³-hybridized carbons (Fsp3) is 0.889. The summed E-state index contributed by atoms with van der Waals surface area (Å²) in [7, 11) is 0. The summed E-state index contributed by atoms with van der Waals surface area (Å²) in [6.07, 6.45) is 1.53. The molecule has 0 N–H and O–H groups in total. The lowest BCUT2D eigenvalue weighted by atomic mass is 10.2. The first-order valence-electron chi connectivity index (χ1n) is 4.63. The predicted molar refractivity (Wildman–Crippen MR) is 46.6 cm³/mol. The first kappa shape index (κ1) is 9.52. The van der Waals surface area contributed by atoms with Crippen LogP contribution in [0.3, 0.4) is 0 Å². The van der Waals surface area contributed by atoms with Crippen molar-refractivity contribution in [1.82, 2.24) is 4.90 Å². The molecule has 0 aliphatic carbocycles. The monoisotopic (exact) mass is 171 g/mol. The number of carbonyl (C=O) groups excluding carboxylic acids is 1. The van der Waals surface area contributed by atoms with E-state index in [2.05, 4.69) is 6.92 Å². The van der Waals surface area contributed by atoms with Crippen molar-refractivity contribution in [2.24, 2.45) is 0 Å². The van der Waals surface area contributed by atoms with E-state index >= 15 is 0 Å². The maximum atomic E-state index is 11.4. The van der Waals surface area contributed by atoms with Gasteiger partial charge in [-0.25, -0.2) is 0 Å². The highest BCUT2D eigenvalue weighted by molar-refractivity contribution is 5.76. The highest BCUT2D eigenvalue weighted by atomic mass is 16.5. The molecule has 0 saturated carbocycles. The zero-order chi connectivity index (χ0) is 9.14. The van der Waals surface area contributed by atoms with Gasteiger partial charge in [-0.1, -0.05) is 13.8 Å². The minimum atomic E-state index is -0.0256. The molecule has 1 rings (SSSR count). The molecule has 0 radical (unpaired) electrons. The summed E-state index contributed by atoms with van der Waals surface area (Å²) in [4.78, 5) is 13.3. The number of hydrogen-bond donors (Lipinski definition) is 0. The third kappa shape index (κ3) is 1.61. The van der Waals surface area contributed by atoms with E-state index in [1.807, 2.05) is 18.7 Å². The summed E-state index contributed by atoms with van der Waals surface area (Å²) in [6.45, 7) is 6.61. The van der Waals surface area contributed by atoms with Crippen LogP contribution in [-0.4, -0.2) is 29.7 Å². The summed E-state index contributed by atoms with van der Waals surface area (Å²) < 4.78 is 5.40. The van der Waals surface area contributed by atoms with Gasteiger partial charge in [0.15, 0.2) is 0 Å². The molecule has 1 amide bonds. The maximum Gasteiger partial charge on any atom is 0.224 e. The lowest BCUT2D eigenvalue weighted by molar-refractivity contribution is -0.136. The molecule has 0 aromatic carbocycles. The van der Waals surface area contributed by atoms with Crippen molar-refractivity contribution in [3.8, 4) is 0 Å². The molecule has 1 fully saturated rings. The fourth-order valence-electron chi connectivity index (χ4n) is 1.61.